The Morgan fingerprint density at radius 1 is 1.04 bits per heavy atom. The highest BCUT2D eigenvalue weighted by atomic mass is 16.5. The number of hydrogen-bond acceptors (Lipinski definition) is 7. The van der Waals surface area contributed by atoms with E-state index in [1.54, 1.807) is 10.9 Å². The Labute approximate surface area is 145 Å². The normalized spacial score (nSPS) is 14.5. The molecule has 0 unspecified atom stereocenters. The van der Waals surface area contributed by atoms with Gasteiger partial charge in [0.15, 0.2) is 5.82 Å². The molecule has 128 valence electrons. The summed E-state index contributed by atoms with van der Waals surface area (Å²) in [6, 6.07) is 7.84. The van der Waals surface area contributed by atoms with Crippen LogP contribution in [0.5, 0.6) is 0 Å². The summed E-state index contributed by atoms with van der Waals surface area (Å²) in [5.41, 5.74) is 1.15. The van der Waals surface area contributed by atoms with Crippen molar-refractivity contribution in [3.8, 4) is 5.82 Å². The molecule has 0 bridgehead atoms. The number of rotatable bonds is 5. The van der Waals surface area contributed by atoms with Gasteiger partial charge in [0.2, 0.25) is 0 Å². The lowest BCUT2D eigenvalue weighted by atomic mass is 10.2. The first-order valence-corrected chi connectivity index (χ1v) is 8.22. The molecule has 1 fully saturated rings. The van der Waals surface area contributed by atoms with Crippen LogP contribution in [0.2, 0.25) is 0 Å². The predicted octanol–water partition coefficient (Wildman–Crippen LogP) is 1.51. The molecule has 0 spiro atoms. The molecule has 1 saturated heterocycles. The number of morpholine rings is 1. The average Bonchev–Trinajstić information content (AvgIpc) is 3.23. The number of ether oxygens (including phenoxy) is 1. The molecule has 3 aromatic rings. The first-order valence-electron chi connectivity index (χ1n) is 8.22. The second-order valence-electron chi connectivity index (χ2n) is 5.69. The van der Waals surface area contributed by atoms with E-state index in [9.17, 15) is 0 Å². The van der Waals surface area contributed by atoms with Crippen LogP contribution >= 0.6 is 0 Å². The Morgan fingerprint density at radius 3 is 2.80 bits per heavy atom. The van der Waals surface area contributed by atoms with Gasteiger partial charge in [0.05, 0.1) is 13.2 Å². The standard InChI is InChI=1S/C17H19N7O/c1-3-22-24(5-1)17-11-15(20-13-21-17)19-12-14-2-4-18-16(10-14)23-6-8-25-9-7-23/h1-5,10-11,13H,6-9,12H2,(H,19,20,21). The fourth-order valence-corrected chi connectivity index (χ4v) is 2.70. The molecule has 0 aliphatic carbocycles. The summed E-state index contributed by atoms with van der Waals surface area (Å²) >= 11 is 0. The molecule has 0 atom stereocenters. The quantitative estimate of drug-likeness (QED) is 0.756. The Bertz CT molecular complexity index is 815. The summed E-state index contributed by atoms with van der Waals surface area (Å²) in [6.45, 7) is 3.92. The Balaban J connectivity index is 1.44. The minimum Gasteiger partial charge on any atom is -0.378 e. The molecule has 4 heterocycles. The topological polar surface area (TPSA) is 81.0 Å². The molecule has 25 heavy (non-hydrogen) atoms. The number of aromatic nitrogens is 5. The largest absolute Gasteiger partial charge is 0.378 e. The summed E-state index contributed by atoms with van der Waals surface area (Å²) in [5, 5.41) is 7.51. The highest BCUT2D eigenvalue weighted by Crippen LogP contribution is 2.15. The van der Waals surface area contributed by atoms with Crippen molar-refractivity contribution < 1.29 is 4.74 Å². The second kappa shape index (κ2) is 7.27. The van der Waals surface area contributed by atoms with E-state index >= 15 is 0 Å². The SMILES string of the molecule is c1cnn(-c2cc(NCc3ccnc(N4CCOCC4)c3)ncn2)c1. The van der Waals surface area contributed by atoms with E-state index in [0.29, 0.717) is 6.54 Å². The van der Waals surface area contributed by atoms with Gasteiger partial charge in [-0.15, -0.1) is 0 Å². The van der Waals surface area contributed by atoms with Gasteiger partial charge in [0.1, 0.15) is 18.0 Å². The summed E-state index contributed by atoms with van der Waals surface area (Å²) in [4.78, 5) is 15.2. The first kappa shape index (κ1) is 15.5. The molecule has 0 amide bonds. The van der Waals surface area contributed by atoms with Crippen molar-refractivity contribution in [3.63, 3.8) is 0 Å². The lowest BCUT2D eigenvalue weighted by Crippen LogP contribution is -2.36. The van der Waals surface area contributed by atoms with Crippen LogP contribution in [0.4, 0.5) is 11.6 Å². The molecule has 4 rings (SSSR count). The molecular formula is C17H19N7O. The third-order valence-corrected chi connectivity index (χ3v) is 4.01. The number of hydrogen-bond donors (Lipinski definition) is 1. The van der Waals surface area contributed by atoms with Crippen LogP contribution in [-0.2, 0) is 11.3 Å². The van der Waals surface area contributed by atoms with Gasteiger partial charge >= 0.3 is 0 Å². The van der Waals surface area contributed by atoms with Crippen molar-refractivity contribution in [3.05, 3.63) is 54.7 Å². The number of nitrogens with zero attached hydrogens (tertiary/aromatic N) is 6. The van der Waals surface area contributed by atoms with Crippen LogP contribution in [-0.4, -0.2) is 51.0 Å². The molecule has 0 radical (unpaired) electrons. The van der Waals surface area contributed by atoms with E-state index in [0.717, 1.165) is 49.3 Å². The van der Waals surface area contributed by atoms with E-state index in [-0.39, 0.29) is 0 Å². The molecular weight excluding hydrogens is 318 g/mol. The lowest BCUT2D eigenvalue weighted by Gasteiger charge is -2.28. The Morgan fingerprint density at radius 2 is 1.96 bits per heavy atom. The van der Waals surface area contributed by atoms with Crippen molar-refractivity contribution >= 4 is 11.6 Å². The fraction of sp³-hybridized carbons (Fsp3) is 0.294. The van der Waals surface area contributed by atoms with Gasteiger partial charge in [-0.1, -0.05) is 0 Å². The van der Waals surface area contributed by atoms with Crippen LogP contribution in [0.15, 0.2) is 49.2 Å². The number of pyridine rings is 1. The minimum atomic E-state index is 0.662. The second-order valence-corrected chi connectivity index (χ2v) is 5.69. The molecule has 0 saturated carbocycles. The van der Waals surface area contributed by atoms with Gasteiger partial charge in [-0.25, -0.2) is 19.6 Å². The first-order chi connectivity index (χ1) is 12.4. The predicted molar refractivity (Wildman–Crippen MR) is 93.7 cm³/mol. The van der Waals surface area contributed by atoms with Crippen LogP contribution in [0.25, 0.3) is 5.82 Å². The summed E-state index contributed by atoms with van der Waals surface area (Å²) < 4.78 is 7.10. The van der Waals surface area contributed by atoms with Crippen molar-refractivity contribution in [2.24, 2.45) is 0 Å². The van der Waals surface area contributed by atoms with E-state index in [1.165, 1.54) is 6.33 Å². The Kier molecular flexibility index (Phi) is 4.51. The lowest BCUT2D eigenvalue weighted by molar-refractivity contribution is 0.122. The fourth-order valence-electron chi connectivity index (χ4n) is 2.70. The zero-order valence-corrected chi connectivity index (χ0v) is 13.7. The highest BCUT2D eigenvalue weighted by Gasteiger charge is 2.12. The highest BCUT2D eigenvalue weighted by molar-refractivity contribution is 5.44. The molecule has 1 N–H and O–H groups in total. The Hall–Kier alpha value is -3.00. The van der Waals surface area contributed by atoms with Gasteiger partial charge < -0.3 is 15.0 Å². The van der Waals surface area contributed by atoms with E-state index in [1.807, 2.05) is 30.6 Å². The summed E-state index contributed by atoms with van der Waals surface area (Å²) in [7, 11) is 0. The summed E-state index contributed by atoms with van der Waals surface area (Å²) in [6.07, 6.45) is 6.95. The van der Waals surface area contributed by atoms with Crippen molar-refractivity contribution in [2.75, 3.05) is 36.5 Å². The molecule has 1 aliphatic rings. The van der Waals surface area contributed by atoms with Gasteiger partial charge in [-0.3, -0.25) is 0 Å². The maximum atomic E-state index is 5.40. The van der Waals surface area contributed by atoms with Crippen LogP contribution < -0.4 is 10.2 Å². The van der Waals surface area contributed by atoms with Crippen molar-refractivity contribution in [2.45, 2.75) is 6.54 Å². The van der Waals surface area contributed by atoms with Crippen molar-refractivity contribution in [1.82, 2.24) is 24.7 Å². The molecule has 8 nitrogen and oxygen atoms in total. The maximum absolute atomic E-state index is 5.40. The maximum Gasteiger partial charge on any atom is 0.158 e. The zero-order valence-electron chi connectivity index (χ0n) is 13.7. The molecule has 3 aromatic heterocycles. The van der Waals surface area contributed by atoms with E-state index < -0.39 is 0 Å². The third kappa shape index (κ3) is 3.74. The van der Waals surface area contributed by atoms with Crippen LogP contribution in [0.1, 0.15) is 5.56 Å². The smallest absolute Gasteiger partial charge is 0.158 e. The van der Waals surface area contributed by atoms with Crippen LogP contribution in [0, 0.1) is 0 Å². The molecule has 0 aromatic carbocycles. The van der Waals surface area contributed by atoms with Gasteiger partial charge in [0, 0.05) is 44.3 Å². The third-order valence-electron chi connectivity index (χ3n) is 4.01. The molecule has 1 aliphatic heterocycles. The van der Waals surface area contributed by atoms with E-state index in [4.69, 9.17) is 4.74 Å². The monoisotopic (exact) mass is 337 g/mol. The van der Waals surface area contributed by atoms with Gasteiger partial charge in [-0.2, -0.15) is 5.10 Å². The number of anilines is 2. The van der Waals surface area contributed by atoms with Crippen LogP contribution in [0.3, 0.4) is 0 Å². The molecule has 8 heteroatoms. The number of nitrogens with one attached hydrogen (secondary N) is 1. The summed E-state index contributed by atoms with van der Waals surface area (Å²) in [5.74, 6) is 2.47. The minimum absolute atomic E-state index is 0.662. The average molecular weight is 337 g/mol. The van der Waals surface area contributed by atoms with Crippen molar-refractivity contribution in [1.29, 1.82) is 0 Å². The van der Waals surface area contributed by atoms with Gasteiger partial charge in [-0.05, 0) is 23.8 Å². The zero-order chi connectivity index (χ0) is 16.9. The van der Waals surface area contributed by atoms with Gasteiger partial charge in [0.25, 0.3) is 0 Å². The van der Waals surface area contributed by atoms with E-state index in [2.05, 4.69) is 36.3 Å².